The Kier molecular flexibility index (Phi) is 9.37. The van der Waals surface area contributed by atoms with Crippen molar-refractivity contribution in [2.24, 2.45) is 0 Å². The minimum Gasteiger partial charge on any atom is -0.497 e. The van der Waals surface area contributed by atoms with Crippen LogP contribution in [0.25, 0.3) is 0 Å². The highest BCUT2D eigenvalue weighted by Crippen LogP contribution is 2.22. The van der Waals surface area contributed by atoms with Crippen molar-refractivity contribution in [2.75, 3.05) is 24.2 Å². The highest BCUT2D eigenvalue weighted by molar-refractivity contribution is 7.92. The van der Waals surface area contributed by atoms with Gasteiger partial charge in [0, 0.05) is 12.6 Å². The number of ether oxygens (including phenoxy) is 1. The average Bonchev–Trinajstić information content (AvgIpc) is 3.35. The summed E-state index contributed by atoms with van der Waals surface area (Å²) < 4.78 is 31.7. The molecule has 0 heterocycles. The van der Waals surface area contributed by atoms with Crippen molar-refractivity contribution in [1.29, 1.82) is 0 Å². The van der Waals surface area contributed by atoms with Gasteiger partial charge in [0.05, 0.1) is 19.1 Å². The van der Waals surface area contributed by atoms with Crippen molar-refractivity contribution in [3.63, 3.8) is 0 Å². The number of sulfonamides is 1. The maximum atomic E-state index is 13.7. The van der Waals surface area contributed by atoms with E-state index in [0.717, 1.165) is 47.4 Å². The van der Waals surface area contributed by atoms with Crippen LogP contribution in [-0.4, -0.2) is 57.1 Å². The molecule has 0 saturated heterocycles. The van der Waals surface area contributed by atoms with Crippen molar-refractivity contribution < 1.29 is 22.7 Å². The molecule has 0 aromatic heterocycles. The van der Waals surface area contributed by atoms with Crippen LogP contribution in [0.5, 0.6) is 5.75 Å². The number of nitrogens with one attached hydrogen (secondary N) is 1. The molecule has 0 bridgehead atoms. The van der Waals surface area contributed by atoms with Crippen LogP contribution in [-0.2, 0) is 26.2 Å². The largest absolute Gasteiger partial charge is 0.497 e. The van der Waals surface area contributed by atoms with E-state index in [2.05, 4.69) is 5.32 Å². The molecule has 0 radical (unpaired) electrons. The fourth-order valence-corrected chi connectivity index (χ4v) is 5.39. The second kappa shape index (κ2) is 12.3. The number of amides is 2. The topological polar surface area (TPSA) is 96.0 Å². The molecule has 1 atom stereocenters. The minimum atomic E-state index is -3.74. The maximum Gasteiger partial charge on any atom is 0.244 e. The SMILES string of the molecule is CC[C@@H](C(=O)NC1CCCC1)N(Cc1ccc(OC)cc1)C(=O)CN(c1ccc(C)cc1)S(C)(=O)=O. The van der Waals surface area contributed by atoms with Crippen molar-refractivity contribution >= 4 is 27.5 Å². The fourth-order valence-electron chi connectivity index (χ4n) is 4.54. The lowest BCUT2D eigenvalue weighted by Crippen LogP contribution is -2.53. The van der Waals surface area contributed by atoms with Gasteiger partial charge in [0.1, 0.15) is 18.3 Å². The number of carbonyl (C=O) groups excluding carboxylic acids is 2. The molecule has 8 nitrogen and oxygen atoms in total. The van der Waals surface area contributed by atoms with Crippen LogP contribution in [0.15, 0.2) is 48.5 Å². The summed E-state index contributed by atoms with van der Waals surface area (Å²) in [5, 5.41) is 3.11. The number of hydrogen-bond donors (Lipinski definition) is 1. The van der Waals surface area contributed by atoms with Crippen LogP contribution >= 0.6 is 0 Å². The molecule has 36 heavy (non-hydrogen) atoms. The zero-order valence-corrected chi connectivity index (χ0v) is 22.4. The van der Waals surface area contributed by atoms with Gasteiger partial charge >= 0.3 is 0 Å². The third kappa shape index (κ3) is 7.22. The van der Waals surface area contributed by atoms with Gasteiger partial charge in [0.2, 0.25) is 21.8 Å². The first-order chi connectivity index (χ1) is 17.1. The van der Waals surface area contributed by atoms with Crippen molar-refractivity contribution in [3.8, 4) is 5.75 Å². The number of nitrogens with zero attached hydrogens (tertiary/aromatic N) is 2. The Labute approximate surface area is 214 Å². The van der Waals surface area contributed by atoms with Crippen LogP contribution in [0, 0.1) is 6.92 Å². The summed E-state index contributed by atoms with van der Waals surface area (Å²) in [5.41, 5.74) is 2.20. The van der Waals surface area contributed by atoms with Gasteiger partial charge in [-0.1, -0.05) is 49.6 Å². The summed E-state index contributed by atoms with van der Waals surface area (Å²) in [5.74, 6) is 0.0445. The lowest BCUT2D eigenvalue weighted by atomic mass is 10.1. The number of benzene rings is 2. The maximum absolute atomic E-state index is 13.7. The zero-order chi connectivity index (χ0) is 26.3. The van der Waals surface area contributed by atoms with E-state index >= 15 is 0 Å². The van der Waals surface area contributed by atoms with Crippen molar-refractivity contribution in [3.05, 3.63) is 59.7 Å². The van der Waals surface area contributed by atoms with Gasteiger partial charge in [0.15, 0.2) is 0 Å². The van der Waals surface area contributed by atoms with Crippen molar-refractivity contribution in [1.82, 2.24) is 10.2 Å². The van der Waals surface area contributed by atoms with E-state index in [-0.39, 0.29) is 18.5 Å². The quantitative estimate of drug-likeness (QED) is 0.493. The number of anilines is 1. The Morgan fingerprint density at radius 1 is 1.06 bits per heavy atom. The van der Waals surface area contributed by atoms with Gasteiger partial charge in [0.25, 0.3) is 0 Å². The summed E-state index contributed by atoms with van der Waals surface area (Å²) in [6, 6.07) is 13.6. The lowest BCUT2D eigenvalue weighted by Gasteiger charge is -2.33. The lowest BCUT2D eigenvalue weighted by molar-refractivity contribution is -0.140. The Balaban J connectivity index is 1.90. The monoisotopic (exact) mass is 515 g/mol. The minimum absolute atomic E-state index is 0.115. The van der Waals surface area contributed by atoms with Gasteiger partial charge < -0.3 is 15.0 Å². The van der Waals surface area contributed by atoms with Gasteiger partial charge in [-0.05, 0) is 56.0 Å². The van der Waals surface area contributed by atoms with E-state index in [1.165, 1.54) is 4.90 Å². The first-order valence-corrected chi connectivity index (χ1v) is 14.2. The van der Waals surface area contributed by atoms with Crippen LogP contribution in [0.2, 0.25) is 0 Å². The van der Waals surface area contributed by atoms with E-state index in [1.54, 1.807) is 43.5 Å². The highest BCUT2D eigenvalue weighted by Gasteiger charge is 2.33. The van der Waals surface area contributed by atoms with E-state index in [4.69, 9.17) is 4.74 Å². The van der Waals surface area contributed by atoms with E-state index in [1.807, 2.05) is 26.0 Å². The van der Waals surface area contributed by atoms with Gasteiger partial charge in [-0.3, -0.25) is 13.9 Å². The molecule has 0 unspecified atom stereocenters. The second-order valence-electron chi connectivity index (χ2n) is 9.39. The second-order valence-corrected chi connectivity index (χ2v) is 11.3. The van der Waals surface area contributed by atoms with E-state index in [0.29, 0.717) is 17.9 Å². The Bertz CT molecular complexity index is 1130. The summed E-state index contributed by atoms with van der Waals surface area (Å²) in [7, 11) is -2.16. The highest BCUT2D eigenvalue weighted by atomic mass is 32.2. The van der Waals surface area contributed by atoms with E-state index in [9.17, 15) is 18.0 Å². The first kappa shape index (κ1) is 27.5. The van der Waals surface area contributed by atoms with Crippen LogP contribution in [0.3, 0.4) is 0 Å². The van der Waals surface area contributed by atoms with Crippen LogP contribution in [0.4, 0.5) is 5.69 Å². The molecule has 1 saturated carbocycles. The molecule has 1 N–H and O–H groups in total. The molecule has 0 spiro atoms. The molecular formula is C27H37N3O5S. The van der Waals surface area contributed by atoms with E-state index < -0.39 is 28.5 Å². The van der Waals surface area contributed by atoms with Crippen LogP contribution in [0.1, 0.15) is 50.2 Å². The molecule has 1 aliphatic rings. The number of methoxy groups -OCH3 is 1. The third-order valence-electron chi connectivity index (χ3n) is 6.60. The van der Waals surface area contributed by atoms with Gasteiger partial charge in [-0.25, -0.2) is 8.42 Å². The van der Waals surface area contributed by atoms with Gasteiger partial charge in [-0.2, -0.15) is 0 Å². The Morgan fingerprint density at radius 3 is 2.19 bits per heavy atom. The molecule has 3 rings (SSSR count). The normalized spacial score (nSPS) is 14.8. The molecule has 196 valence electrons. The molecule has 2 amide bonds. The first-order valence-electron chi connectivity index (χ1n) is 12.4. The van der Waals surface area contributed by atoms with Crippen LogP contribution < -0.4 is 14.4 Å². The molecule has 2 aromatic rings. The smallest absolute Gasteiger partial charge is 0.244 e. The molecule has 9 heteroatoms. The third-order valence-corrected chi connectivity index (χ3v) is 7.74. The Hall–Kier alpha value is -3.07. The predicted molar refractivity (Wildman–Crippen MR) is 141 cm³/mol. The predicted octanol–water partition coefficient (Wildman–Crippen LogP) is 3.64. The summed E-state index contributed by atoms with van der Waals surface area (Å²) in [4.78, 5) is 28.5. The molecule has 1 fully saturated rings. The fraction of sp³-hybridized carbons (Fsp3) is 0.481. The number of rotatable bonds is 11. The molecule has 0 aliphatic heterocycles. The summed E-state index contributed by atoms with van der Waals surface area (Å²) in [6.07, 6.45) is 5.52. The van der Waals surface area contributed by atoms with Gasteiger partial charge in [-0.15, -0.1) is 0 Å². The summed E-state index contributed by atoms with van der Waals surface area (Å²) >= 11 is 0. The molecule has 2 aromatic carbocycles. The molecular weight excluding hydrogens is 478 g/mol. The molecule has 1 aliphatic carbocycles. The van der Waals surface area contributed by atoms with Crippen molar-refractivity contribution in [2.45, 2.75) is 64.6 Å². The average molecular weight is 516 g/mol. The Morgan fingerprint density at radius 2 is 1.67 bits per heavy atom. The zero-order valence-electron chi connectivity index (χ0n) is 21.6. The standard InChI is InChI=1S/C27H37N3O5S/c1-5-25(27(32)28-22-8-6-7-9-22)29(18-21-12-16-24(35-3)17-13-21)26(31)19-30(36(4,33)34)23-14-10-20(2)11-15-23/h10-17,22,25H,5-9,18-19H2,1-4H3,(H,28,32)/t25-/m0/s1. The summed E-state index contributed by atoms with van der Waals surface area (Å²) in [6.45, 7) is 3.54. The number of carbonyl (C=O) groups is 2. The number of hydrogen-bond acceptors (Lipinski definition) is 5. The number of aryl methyl sites for hydroxylation is 1.